The molecule has 0 bridgehead atoms. The van der Waals surface area contributed by atoms with Crippen LogP contribution in [0.3, 0.4) is 0 Å². The monoisotopic (exact) mass is 485 g/mol. The molecule has 1 fully saturated rings. The third-order valence-electron chi connectivity index (χ3n) is 5.45. The van der Waals surface area contributed by atoms with E-state index in [2.05, 4.69) is 0 Å². The molecule has 9 heteroatoms. The number of anilines is 1. The minimum Gasteiger partial charge on any atom is -0.508 e. The fourth-order valence-electron chi connectivity index (χ4n) is 4.02. The molecule has 6 nitrogen and oxygen atoms in total. The summed E-state index contributed by atoms with van der Waals surface area (Å²) in [6.07, 6.45) is 0. The highest BCUT2D eigenvalue weighted by molar-refractivity contribution is 6.51. The molecular formula is C25H18ClF2NO5. The number of amides is 1. The fourth-order valence-corrected chi connectivity index (χ4v) is 4.37. The summed E-state index contributed by atoms with van der Waals surface area (Å²) in [6, 6.07) is 9.75. The number of phenols is 1. The van der Waals surface area contributed by atoms with E-state index in [4.69, 9.17) is 16.3 Å². The van der Waals surface area contributed by atoms with Crippen molar-refractivity contribution in [2.75, 3.05) is 12.0 Å². The van der Waals surface area contributed by atoms with Crippen LogP contribution in [0.5, 0.6) is 11.5 Å². The summed E-state index contributed by atoms with van der Waals surface area (Å²) in [5.41, 5.74) is -0.0490. The topological polar surface area (TPSA) is 87.1 Å². The lowest BCUT2D eigenvalue weighted by Gasteiger charge is -2.26. The number of ketones is 1. The number of phenolic OH excluding ortho intramolecular Hbond substituents is 1. The molecule has 1 aliphatic heterocycles. The van der Waals surface area contributed by atoms with E-state index in [1.54, 1.807) is 13.0 Å². The van der Waals surface area contributed by atoms with E-state index in [0.29, 0.717) is 5.56 Å². The Morgan fingerprint density at radius 1 is 1.09 bits per heavy atom. The van der Waals surface area contributed by atoms with Crippen LogP contribution in [0.2, 0.25) is 5.02 Å². The zero-order valence-corrected chi connectivity index (χ0v) is 18.7. The van der Waals surface area contributed by atoms with Gasteiger partial charge in [0.1, 0.15) is 28.9 Å². The van der Waals surface area contributed by atoms with E-state index in [1.165, 1.54) is 37.4 Å². The number of halogens is 3. The number of aromatic hydroxyl groups is 1. The highest BCUT2D eigenvalue weighted by Gasteiger charge is 2.48. The maximum Gasteiger partial charge on any atom is 0.300 e. The van der Waals surface area contributed by atoms with Crippen LogP contribution >= 0.6 is 11.6 Å². The number of aliphatic hydroxyl groups is 1. The highest BCUT2D eigenvalue weighted by Crippen LogP contribution is 2.45. The van der Waals surface area contributed by atoms with Crippen molar-refractivity contribution in [3.8, 4) is 11.5 Å². The second-order valence-corrected chi connectivity index (χ2v) is 8.09. The average molecular weight is 486 g/mol. The van der Waals surface area contributed by atoms with Gasteiger partial charge in [-0.3, -0.25) is 14.5 Å². The van der Waals surface area contributed by atoms with Gasteiger partial charge < -0.3 is 14.9 Å². The number of rotatable bonds is 4. The number of Topliss-reactive ketones (excluding diaryl/α,β-unsaturated/α-hetero) is 1. The second-order valence-electron chi connectivity index (χ2n) is 7.69. The summed E-state index contributed by atoms with van der Waals surface area (Å²) < 4.78 is 34.0. The first-order valence-electron chi connectivity index (χ1n) is 10.0. The molecule has 0 aromatic heterocycles. The van der Waals surface area contributed by atoms with Crippen molar-refractivity contribution in [2.45, 2.75) is 13.0 Å². The average Bonchev–Trinajstić information content (AvgIpc) is 3.05. The molecule has 34 heavy (non-hydrogen) atoms. The lowest BCUT2D eigenvalue weighted by atomic mass is 9.94. The number of aryl methyl sites for hydroxylation is 1. The van der Waals surface area contributed by atoms with Crippen LogP contribution in [-0.4, -0.2) is 29.0 Å². The Balaban J connectivity index is 2.05. The quantitative estimate of drug-likeness (QED) is 0.299. The number of methoxy groups -OCH3 is 1. The van der Waals surface area contributed by atoms with Crippen molar-refractivity contribution < 1.29 is 33.3 Å². The van der Waals surface area contributed by atoms with Crippen LogP contribution in [0.4, 0.5) is 14.5 Å². The van der Waals surface area contributed by atoms with Gasteiger partial charge in [-0.25, -0.2) is 8.78 Å². The molecule has 1 amide bonds. The first-order valence-corrected chi connectivity index (χ1v) is 10.4. The van der Waals surface area contributed by atoms with Gasteiger partial charge in [0.2, 0.25) is 0 Å². The van der Waals surface area contributed by atoms with Gasteiger partial charge in [0.15, 0.2) is 0 Å². The minimum absolute atomic E-state index is 0.0374. The van der Waals surface area contributed by atoms with Gasteiger partial charge in [0, 0.05) is 6.07 Å². The maximum absolute atomic E-state index is 14.7. The molecular weight excluding hydrogens is 468 g/mol. The molecule has 1 atom stereocenters. The maximum atomic E-state index is 14.7. The molecule has 0 saturated carbocycles. The van der Waals surface area contributed by atoms with E-state index < -0.39 is 46.4 Å². The Kier molecular flexibility index (Phi) is 6.01. The summed E-state index contributed by atoms with van der Waals surface area (Å²) >= 11 is 6.24. The lowest BCUT2D eigenvalue weighted by Crippen LogP contribution is -2.30. The number of carbonyl (C=O) groups excluding carboxylic acids is 2. The number of carbonyl (C=O) groups is 2. The predicted molar refractivity (Wildman–Crippen MR) is 122 cm³/mol. The summed E-state index contributed by atoms with van der Waals surface area (Å²) in [5.74, 6) is -4.86. The first kappa shape index (κ1) is 23.3. The number of aliphatic hydroxyl groups excluding tert-OH is 1. The lowest BCUT2D eigenvalue weighted by molar-refractivity contribution is -0.132. The van der Waals surface area contributed by atoms with Crippen LogP contribution in [0, 0.1) is 18.6 Å². The minimum atomic E-state index is -1.38. The van der Waals surface area contributed by atoms with Crippen molar-refractivity contribution in [1.29, 1.82) is 0 Å². The van der Waals surface area contributed by atoms with Crippen LogP contribution in [-0.2, 0) is 9.59 Å². The Bertz CT molecular complexity index is 1370. The largest absolute Gasteiger partial charge is 0.508 e. The molecule has 3 aromatic rings. The van der Waals surface area contributed by atoms with Crippen LogP contribution < -0.4 is 9.64 Å². The number of benzene rings is 3. The number of hydrogen-bond donors (Lipinski definition) is 2. The third kappa shape index (κ3) is 3.86. The van der Waals surface area contributed by atoms with Crippen molar-refractivity contribution in [2.24, 2.45) is 0 Å². The Morgan fingerprint density at radius 2 is 1.82 bits per heavy atom. The van der Waals surface area contributed by atoms with E-state index >= 15 is 0 Å². The van der Waals surface area contributed by atoms with E-state index in [-0.39, 0.29) is 27.6 Å². The van der Waals surface area contributed by atoms with E-state index in [0.717, 1.165) is 23.1 Å². The van der Waals surface area contributed by atoms with Crippen molar-refractivity contribution in [1.82, 2.24) is 0 Å². The van der Waals surface area contributed by atoms with Gasteiger partial charge in [0.25, 0.3) is 11.7 Å². The molecule has 0 radical (unpaired) electrons. The molecule has 0 aliphatic carbocycles. The van der Waals surface area contributed by atoms with Gasteiger partial charge >= 0.3 is 0 Å². The summed E-state index contributed by atoms with van der Waals surface area (Å²) in [5, 5.41) is 21.4. The number of hydrogen-bond acceptors (Lipinski definition) is 5. The standard InChI is InChI=1S/C25H18ClF2NO5/c1-12-8-16(24(34-2)17(26)9-12)22(31)20-21(13-4-3-5-15(30)10-13)29(25(33)23(20)32)19-11-14(27)6-7-18(19)28/h3-11,21,30-31H,1-2H3/b22-20+. The molecule has 1 aliphatic rings. The Hall–Kier alpha value is -3.91. The van der Waals surface area contributed by atoms with E-state index in [9.17, 15) is 28.6 Å². The molecule has 4 rings (SSSR count). The molecule has 3 aromatic carbocycles. The summed E-state index contributed by atoms with van der Waals surface area (Å²) in [6.45, 7) is 1.70. The Morgan fingerprint density at radius 3 is 2.50 bits per heavy atom. The van der Waals surface area contributed by atoms with Gasteiger partial charge in [0.05, 0.1) is 35.0 Å². The molecule has 1 unspecified atom stereocenters. The second kappa shape index (κ2) is 8.79. The molecule has 0 spiro atoms. The third-order valence-corrected chi connectivity index (χ3v) is 5.73. The SMILES string of the molecule is COc1c(Cl)cc(C)cc1/C(O)=C1\C(=O)C(=O)N(c2cc(F)ccc2F)C1c1cccc(O)c1. The number of nitrogens with zero attached hydrogens (tertiary/aromatic N) is 1. The zero-order chi connectivity index (χ0) is 24.7. The van der Waals surface area contributed by atoms with Crippen molar-refractivity contribution in [3.05, 3.63) is 93.5 Å². The zero-order valence-electron chi connectivity index (χ0n) is 18.0. The summed E-state index contributed by atoms with van der Waals surface area (Å²) in [7, 11) is 1.32. The highest BCUT2D eigenvalue weighted by atomic mass is 35.5. The van der Waals surface area contributed by atoms with Gasteiger partial charge in [-0.15, -0.1) is 0 Å². The van der Waals surface area contributed by atoms with Gasteiger partial charge in [-0.05, 0) is 54.4 Å². The number of ether oxygens (including phenoxy) is 1. The van der Waals surface area contributed by atoms with Crippen molar-refractivity contribution >= 4 is 34.7 Å². The first-order chi connectivity index (χ1) is 16.1. The molecule has 174 valence electrons. The Labute approximate surface area is 198 Å². The fraction of sp³-hybridized carbons (Fsp3) is 0.120. The smallest absolute Gasteiger partial charge is 0.300 e. The van der Waals surface area contributed by atoms with Crippen LogP contribution in [0.15, 0.2) is 60.2 Å². The predicted octanol–water partition coefficient (Wildman–Crippen LogP) is 5.27. The van der Waals surface area contributed by atoms with Crippen molar-refractivity contribution in [3.63, 3.8) is 0 Å². The van der Waals surface area contributed by atoms with Gasteiger partial charge in [-0.1, -0.05) is 23.7 Å². The molecule has 1 saturated heterocycles. The van der Waals surface area contributed by atoms with Crippen LogP contribution in [0.25, 0.3) is 5.76 Å². The molecule has 1 heterocycles. The van der Waals surface area contributed by atoms with Gasteiger partial charge in [-0.2, -0.15) is 0 Å². The molecule has 2 N–H and O–H groups in total. The van der Waals surface area contributed by atoms with E-state index in [1.807, 2.05) is 0 Å². The van der Waals surface area contributed by atoms with Crippen LogP contribution in [0.1, 0.15) is 22.7 Å². The normalized spacial score (nSPS) is 17.3. The summed E-state index contributed by atoms with van der Waals surface area (Å²) in [4.78, 5) is 27.0.